The van der Waals surface area contributed by atoms with Gasteiger partial charge in [-0.3, -0.25) is 9.36 Å². The predicted octanol–water partition coefficient (Wildman–Crippen LogP) is 2.46. The van der Waals surface area contributed by atoms with E-state index in [0.29, 0.717) is 18.4 Å². The number of hydrogen-bond acceptors (Lipinski definition) is 3. The van der Waals surface area contributed by atoms with E-state index in [1.165, 1.54) is 25.7 Å². The molecule has 2 N–H and O–H groups in total. The van der Waals surface area contributed by atoms with Crippen LogP contribution in [0.5, 0.6) is 0 Å². The number of nitrogens with two attached hydrogens (primary N) is 1. The van der Waals surface area contributed by atoms with Gasteiger partial charge in [0.25, 0.3) is 5.56 Å². The van der Waals surface area contributed by atoms with Gasteiger partial charge in [-0.1, -0.05) is 31.0 Å². The highest BCUT2D eigenvalue weighted by molar-refractivity contribution is 5.83. The fraction of sp³-hybridized carbons (Fsp3) is 0.471. The number of aromatic nitrogens is 1. The van der Waals surface area contributed by atoms with Crippen molar-refractivity contribution >= 4 is 16.6 Å². The lowest BCUT2D eigenvalue weighted by Crippen LogP contribution is -2.35. The van der Waals surface area contributed by atoms with Crippen molar-refractivity contribution in [3.8, 4) is 0 Å². The number of nitrogen functional groups attached to an aromatic ring is 1. The van der Waals surface area contributed by atoms with E-state index in [0.717, 1.165) is 17.3 Å². The lowest BCUT2D eigenvalue weighted by atomic mass is 10.1. The van der Waals surface area contributed by atoms with Gasteiger partial charge < -0.3 is 10.6 Å². The van der Waals surface area contributed by atoms with Gasteiger partial charge in [-0.25, -0.2) is 0 Å². The topological polar surface area (TPSA) is 51.3 Å². The summed E-state index contributed by atoms with van der Waals surface area (Å²) in [5.41, 5.74) is 6.09. The van der Waals surface area contributed by atoms with Crippen LogP contribution >= 0.6 is 0 Å². The van der Waals surface area contributed by atoms with Gasteiger partial charge in [0, 0.05) is 24.5 Å². The number of anilines is 1. The van der Waals surface area contributed by atoms with E-state index < -0.39 is 0 Å². The number of benzene rings is 1. The molecule has 0 saturated heterocycles. The molecule has 1 aromatic heterocycles. The Kier molecular flexibility index (Phi) is 3.97. The largest absolute Gasteiger partial charge is 0.385 e. The van der Waals surface area contributed by atoms with Gasteiger partial charge in [0.1, 0.15) is 5.82 Å². The maximum absolute atomic E-state index is 12.5. The second-order valence-electron chi connectivity index (χ2n) is 6.03. The fourth-order valence-corrected chi connectivity index (χ4v) is 3.33. The van der Waals surface area contributed by atoms with Crippen LogP contribution < -0.4 is 11.3 Å². The molecule has 4 nitrogen and oxygen atoms in total. The summed E-state index contributed by atoms with van der Waals surface area (Å²) in [7, 11) is 2.15. The summed E-state index contributed by atoms with van der Waals surface area (Å²) in [6, 6.07) is 10.2. The van der Waals surface area contributed by atoms with E-state index in [2.05, 4.69) is 11.9 Å². The first kappa shape index (κ1) is 14.1. The third kappa shape index (κ3) is 2.81. The second-order valence-corrected chi connectivity index (χ2v) is 6.03. The summed E-state index contributed by atoms with van der Waals surface area (Å²) in [5, 5.41) is 1.66. The SMILES string of the molecule is CN(CCn1c(N)cc2ccccc2c1=O)C1CCCC1. The average molecular weight is 285 g/mol. The quantitative estimate of drug-likeness (QED) is 0.939. The maximum Gasteiger partial charge on any atom is 0.260 e. The Labute approximate surface area is 125 Å². The molecule has 0 unspecified atom stereocenters. The predicted molar refractivity (Wildman–Crippen MR) is 87.5 cm³/mol. The van der Waals surface area contributed by atoms with Crippen molar-refractivity contribution in [2.75, 3.05) is 19.3 Å². The Bertz CT molecular complexity index is 686. The molecule has 21 heavy (non-hydrogen) atoms. The maximum atomic E-state index is 12.5. The molecule has 112 valence electrons. The van der Waals surface area contributed by atoms with Crippen LogP contribution in [0.3, 0.4) is 0 Å². The molecule has 0 amide bonds. The molecular formula is C17H23N3O. The molecule has 2 aromatic rings. The zero-order valence-electron chi connectivity index (χ0n) is 12.6. The highest BCUT2D eigenvalue weighted by Crippen LogP contribution is 2.22. The van der Waals surface area contributed by atoms with Gasteiger partial charge in [-0.2, -0.15) is 0 Å². The van der Waals surface area contributed by atoms with E-state index in [-0.39, 0.29) is 5.56 Å². The molecule has 0 atom stereocenters. The smallest absolute Gasteiger partial charge is 0.260 e. The molecule has 4 heteroatoms. The summed E-state index contributed by atoms with van der Waals surface area (Å²) in [4.78, 5) is 14.9. The van der Waals surface area contributed by atoms with E-state index in [9.17, 15) is 4.79 Å². The van der Waals surface area contributed by atoms with Crippen LogP contribution in [0.2, 0.25) is 0 Å². The molecule has 1 aliphatic carbocycles. The second kappa shape index (κ2) is 5.90. The molecule has 0 spiro atoms. The summed E-state index contributed by atoms with van der Waals surface area (Å²) < 4.78 is 1.70. The minimum absolute atomic E-state index is 0.0189. The van der Waals surface area contributed by atoms with Crippen molar-refractivity contribution in [1.29, 1.82) is 0 Å². The molecule has 0 bridgehead atoms. The van der Waals surface area contributed by atoms with E-state index in [1.54, 1.807) is 4.57 Å². The van der Waals surface area contributed by atoms with E-state index in [1.807, 2.05) is 30.3 Å². The van der Waals surface area contributed by atoms with Gasteiger partial charge in [0.15, 0.2) is 0 Å². The standard InChI is InChI=1S/C17H23N3O/c1-19(14-7-3-4-8-14)10-11-20-16(18)12-13-6-2-5-9-15(13)17(20)21/h2,5-6,9,12,14H,3-4,7-8,10-11,18H2,1H3. The van der Waals surface area contributed by atoms with Gasteiger partial charge in [-0.15, -0.1) is 0 Å². The van der Waals surface area contributed by atoms with E-state index >= 15 is 0 Å². The molecule has 1 fully saturated rings. The minimum Gasteiger partial charge on any atom is -0.385 e. The van der Waals surface area contributed by atoms with Crippen LogP contribution in [-0.2, 0) is 6.54 Å². The Hall–Kier alpha value is -1.81. The zero-order chi connectivity index (χ0) is 14.8. The highest BCUT2D eigenvalue weighted by Gasteiger charge is 2.19. The lowest BCUT2D eigenvalue weighted by molar-refractivity contribution is 0.236. The van der Waals surface area contributed by atoms with Crippen LogP contribution in [0, 0.1) is 0 Å². The third-order valence-electron chi connectivity index (χ3n) is 4.68. The lowest BCUT2D eigenvalue weighted by Gasteiger charge is -2.24. The summed E-state index contributed by atoms with van der Waals surface area (Å²) in [6.45, 7) is 1.52. The molecule has 3 rings (SSSR count). The Morgan fingerprint density at radius 3 is 2.76 bits per heavy atom. The monoisotopic (exact) mass is 285 g/mol. The first-order chi connectivity index (χ1) is 10.2. The first-order valence-electron chi connectivity index (χ1n) is 7.75. The van der Waals surface area contributed by atoms with Crippen molar-refractivity contribution in [3.63, 3.8) is 0 Å². The molecule has 1 heterocycles. The number of fused-ring (bicyclic) bond motifs is 1. The number of likely N-dealkylation sites (N-methyl/N-ethyl adjacent to an activating group) is 1. The van der Waals surface area contributed by atoms with Crippen LogP contribution in [0.4, 0.5) is 5.82 Å². The van der Waals surface area contributed by atoms with Gasteiger partial charge >= 0.3 is 0 Å². The molecule has 1 aliphatic rings. The Morgan fingerprint density at radius 2 is 2.00 bits per heavy atom. The highest BCUT2D eigenvalue weighted by atomic mass is 16.1. The Morgan fingerprint density at radius 1 is 1.29 bits per heavy atom. The molecular weight excluding hydrogens is 262 g/mol. The number of rotatable bonds is 4. The first-order valence-corrected chi connectivity index (χ1v) is 7.75. The van der Waals surface area contributed by atoms with Crippen LogP contribution in [-0.4, -0.2) is 29.1 Å². The number of pyridine rings is 1. The molecule has 0 radical (unpaired) electrons. The summed E-state index contributed by atoms with van der Waals surface area (Å²) in [5.74, 6) is 0.554. The third-order valence-corrected chi connectivity index (χ3v) is 4.68. The molecule has 0 aliphatic heterocycles. The van der Waals surface area contributed by atoms with Gasteiger partial charge in [0.05, 0.1) is 0 Å². The summed E-state index contributed by atoms with van der Waals surface area (Å²) >= 11 is 0. The van der Waals surface area contributed by atoms with Crippen LogP contribution in [0.15, 0.2) is 35.1 Å². The van der Waals surface area contributed by atoms with Crippen molar-refractivity contribution in [2.24, 2.45) is 0 Å². The van der Waals surface area contributed by atoms with Gasteiger partial charge in [-0.05, 0) is 37.4 Å². The number of hydrogen-bond donors (Lipinski definition) is 1. The van der Waals surface area contributed by atoms with Crippen molar-refractivity contribution in [2.45, 2.75) is 38.3 Å². The van der Waals surface area contributed by atoms with Crippen LogP contribution in [0.1, 0.15) is 25.7 Å². The molecule has 1 saturated carbocycles. The van der Waals surface area contributed by atoms with Crippen molar-refractivity contribution < 1.29 is 0 Å². The normalized spacial score (nSPS) is 16.1. The van der Waals surface area contributed by atoms with Gasteiger partial charge in [0.2, 0.25) is 0 Å². The fourth-order valence-electron chi connectivity index (χ4n) is 3.33. The van der Waals surface area contributed by atoms with E-state index in [4.69, 9.17) is 5.73 Å². The molecule has 1 aromatic carbocycles. The average Bonchev–Trinajstić information content (AvgIpc) is 3.01. The van der Waals surface area contributed by atoms with Crippen molar-refractivity contribution in [1.82, 2.24) is 9.47 Å². The zero-order valence-corrected chi connectivity index (χ0v) is 12.6. The minimum atomic E-state index is 0.0189. The van der Waals surface area contributed by atoms with Crippen molar-refractivity contribution in [3.05, 3.63) is 40.7 Å². The summed E-state index contributed by atoms with van der Waals surface area (Å²) in [6.07, 6.45) is 5.21. The number of nitrogens with zero attached hydrogens (tertiary/aromatic N) is 2. The van der Waals surface area contributed by atoms with Crippen LogP contribution in [0.25, 0.3) is 10.8 Å². The Balaban J connectivity index is 1.82.